The van der Waals surface area contributed by atoms with Gasteiger partial charge in [-0.25, -0.2) is 4.79 Å². The van der Waals surface area contributed by atoms with E-state index in [1.165, 1.54) is 16.8 Å². The van der Waals surface area contributed by atoms with Gasteiger partial charge in [-0.1, -0.05) is 60.7 Å². The Balaban J connectivity index is 1.78. The first-order valence-electron chi connectivity index (χ1n) is 13.6. The molecule has 1 saturated heterocycles. The SMILES string of the molecule is CN(C(=O)OCc1ccccc1)[C@H](Cc1ccccc1)C(=O)N1CCC[C@H]1C(=O)NC(CCCN)C(O)C(F)(F)F. The number of carbonyl (C=O) groups is 3. The van der Waals surface area contributed by atoms with Gasteiger partial charge >= 0.3 is 12.3 Å². The molecule has 0 radical (unpaired) electrons. The van der Waals surface area contributed by atoms with E-state index >= 15 is 0 Å². The molecule has 2 aromatic rings. The Labute approximate surface area is 237 Å². The Morgan fingerprint density at radius 1 is 1.10 bits per heavy atom. The number of halogens is 3. The van der Waals surface area contributed by atoms with E-state index in [9.17, 15) is 32.7 Å². The summed E-state index contributed by atoms with van der Waals surface area (Å²) >= 11 is 0. The number of aliphatic hydroxyl groups excluding tert-OH is 1. The van der Waals surface area contributed by atoms with Crippen LogP contribution in [0, 0.1) is 0 Å². The van der Waals surface area contributed by atoms with Crippen LogP contribution < -0.4 is 11.1 Å². The number of ether oxygens (including phenoxy) is 1. The maximum absolute atomic E-state index is 13.9. The first-order valence-corrected chi connectivity index (χ1v) is 13.6. The van der Waals surface area contributed by atoms with Crippen molar-refractivity contribution in [3.05, 3.63) is 71.8 Å². The third-order valence-electron chi connectivity index (χ3n) is 7.12. The number of benzene rings is 2. The molecule has 1 heterocycles. The molecule has 3 rings (SSSR count). The predicted molar refractivity (Wildman–Crippen MR) is 145 cm³/mol. The topological polar surface area (TPSA) is 125 Å². The molecule has 0 bridgehead atoms. The van der Waals surface area contributed by atoms with Crippen molar-refractivity contribution in [2.24, 2.45) is 5.73 Å². The van der Waals surface area contributed by atoms with Crippen molar-refractivity contribution in [2.45, 2.75) is 69.1 Å². The number of carbonyl (C=O) groups excluding carboxylic acids is 3. The molecule has 0 spiro atoms. The highest BCUT2D eigenvalue weighted by Crippen LogP contribution is 2.26. The average molecular weight is 579 g/mol. The summed E-state index contributed by atoms with van der Waals surface area (Å²) in [4.78, 5) is 42.6. The fourth-order valence-electron chi connectivity index (χ4n) is 4.82. The Hall–Kier alpha value is -3.64. The summed E-state index contributed by atoms with van der Waals surface area (Å²) in [6.07, 6.45) is -7.69. The Bertz CT molecular complexity index is 1140. The van der Waals surface area contributed by atoms with Crippen molar-refractivity contribution in [1.29, 1.82) is 0 Å². The van der Waals surface area contributed by atoms with Gasteiger partial charge in [0, 0.05) is 20.0 Å². The van der Waals surface area contributed by atoms with E-state index in [1.54, 1.807) is 36.4 Å². The van der Waals surface area contributed by atoms with Crippen LogP contribution in [0.15, 0.2) is 60.7 Å². The van der Waals surface area contributed by atoms with E-state index in [0.717, 1.165) is 11.1 Å². The molecular weight excluding hydrogens is 541 g/mol. The molecule has 0 aliphatic carbocycles. The number of nitrogens with two attached hydrogens (primary N) is 1. The minimum Gasteiger partial charge on any atom is -0.445 e. The number of nitrogens with one attached hydrogen (secondary N) is 1. The largest absolute Gasteiger partial charge is 0.445 e. The van der Waals surface area contributed by atoms with Crippen LogP contribution in [0.3, 0.4) is 0 Å². The van der Waals surface area contributed by atoms with Gasteiger partial charge in [-0.15, -0.1) is 0 Å². The maximum atomic E-state index is 13.9. The summed E-state index contributed by atoms with van der Waals surface area (Å²) in [5, 5.41) is 12.1. The van der Waals surface area contributed by atoms with Gasteiger partial charge in [-0.2, -0.15) is 13.2 Å². The van der Waals surface area contributed by atoms with Crippen LogP contribution in [-0.4, -0.2) is 83.4 Å². The van der Waals surface area contributed by atoms with E-state index in [1.807, 2.05) is 24.3 Å². The Morgan fingerprint density at radius 3 is 2.29 bits per heavy atom. The maximum Gasteiger partial charge on any atom is 0.416 e. The number of amides is 3. The number of likely N-dealkylation sites (N-methyl/N-ethyl adjacent to an activating group) is 1. The number of rotatable bonds is 12. The van der Waals surface area contributed by atoms with Crippen LogP contribution in [0.5, 0.6) is 0 Å². The number of nitrogens with zero attached hydrogens (tertiary/aromatic N) is 2. The lowest BCUT2D eigenvalue weighted by molar-refractivity contribution is -0.212. The minimum absolute atomic E-state index is 0.00325. The van der Waals surface area contributed by atoms with E-state index < -0.39 is 48.3 Å². The van der Waals surface area contributed by atoms with Gasteiger partial charge in [0.15, 0.2) is 6.10 Å². The molecule has 2 aromatic carbocycles. The summed E-state index contributed by atoms with van der Waals surface area (Å²) in [6, 6.07) is 14.3. The molecule has 1 fully saturated rings. The monoisotopic (exact) mass is 578 g/mol. The zero-order chi connectivity index (χ0) is 30.0. The van der Waals surface area contributed by atoms with E-state index in [2.05, 4.69) is 5.32 Å². The van der Waals surface area contributed by atoms with Gasteiger partial charge in [0.2, 0.25) is 11.8 Å². The van der Waals surface area contributed by atoms with Gasteiger partial charge in [0.1, 0.15) is 18.7 Å². The standard InChI is InChI=1S/C29H37F3N4O5/c1-35(28(40)41-19-21-12-6-3-7-13-21)24(18-20-10-4-2-5-11-20)27(39)36-17-9-15-23(36)26(38)34-22(14-8-16-33)25(37)29(30,31)32/h2-7,10-13,22-25,37H,8-9,14-19,33H2,1H3,(H,34,38)/t22?,23-,24+,25?/m0/s1. The fourth-order valence-corrected chi connectivity index (χ4v) is 4.82. The van der Waals surface area contributed by atoms with Gasteiger partial charge in [0.25, 0.3) is 0 Å². The van der Waals surface area contributed by atoms with Crippen molar-refractivity contribution in [3.63, 3.8) is 0 Å². The molecule has 4 N–H and O–H groups in total. The highest BCUT2D eigenvalue weighted by molar-refractivity contribution is 5.92. The van der Waals surface area contributed by atoms with E-state index in [-0.39, 0.29) is 45.4 Å². The molecule has 9 nitrogen and oxygen atoms in total. The zero-order valence-electron chi connectivity index (χ0n) is 22.9. The third-order valence-corrected chi connectivity index (χ3v) is 7.12. The lowest BCUT2D eigenvalue weighted by Crippen LogP contribution is -2.57. The smallest absolute Gasteiger partial charge is 0.416 e. The quantitative estimate of drug-likeness (QED) is 0.356. The molecule has 3 amide bonds. The molecule has 2 unspecified atom stereocenters. The average Bonchev–Trinajstić information content (AvgIpc) is 3.46. The highest BCUT2D eigenvalue weighted by Gasteiger charge is 2.46. The fraction of sp³-hybridized carbons (Fsp3) is 0.483. The summed E-state index contributed by atoms with van der Waals surface area (Å²) in [5.41, 5.74) is 6.97. The molecule has 12 heteroatoms. The van der Waals surface area contributed by atoms with Gasteiger partial charge in [0.05, 0.1) is 6.04 Å². The highest BCUT2D eigenvalue weighted by atomic mass is 19.4. The molecule has 224 valence electrons. The number of alkyl halides is 3. The van der Waals surface area contributed by atoms with E-state index in [0.29, 0.717) is 6.42 Å². The number of hydrogen-bond donors (Lipinski definition) is 3. The number of hydrogen-bond acceptors (Lipinski definition) is 6. The third kappa shape index (κ3) is 8.92. The summed E-state index contributed by atoms with van der Waals surface area (Å²) < 4.78 is 45.2. The second-order valence-corrected chi connectivity index (χ2v) is 10.1. The van der Waals surface area contributed by atoms with Crippen LogP contribution in [0.4, 0.5) is 18.0 Å². The second-order valence-electron chi connectivity index (χ2n) is 10.1. The first-order chi connectivity index (χ1) is 19.5. The van der Waals surface area contributed by atoms with E-state index in [4.69, 9.17) is 10.5 Å². The van der Waals surface area contributed by atoms with Crippen molar-refractivity contribution in [3.8, 4) is 0 Å². The first kappa shape index (κ1) is 31.9. The van der Waals surface area contributed by atoms with Gasteiger partial charge < -0.3 is 25.8 Å². The minimum atomic E-state index is -4.94. The number of likely N-dealkylation sites (tertiary alicyclic amines) is 1. The van der Waals surface area contributed by atoms with Crippen molar-refractivity contribution < 1.29 is 37.4 Å². The molecule has 1 aliphatic heterocycles. The Kier molecular flexibility index (Phi) is 11.5. The Morgan fingerprint density at radius 2 is 1.71 bits per heavy atom. The van der Waals surface area contributed by atoms with Crippen molar-refractivity contribution in [2.75, 3.05) is 20.1 Å². The summed E-state index contributed by atoms with van der Waals surface area (Å²) in [7, 11) is 1.44. The van der Waals surface area contributed by atoms with Gasteiger partial charge in [-0.05, 0) is 43.4 Å². The number of aliphatic hydroxyl groups is 1. The van der Waals surface area contributed by atoms with Crippen LogP contribution in [0.25, 0.3) is 0 Å². The molecule has 0 aromatic heterocycles. The lowest BCUT2D eigenvalue weighted by atomic mass is 10.0. The van der Waals surface area contributed by atoms with Crippen LogP contribution in [0.2, 0.25) is 0 Å². The molecule has 41 heavy (non-hydrogen) atoms. The lowest BCUT2D eigenvalue weighted by Gasteiger charge is -2.34. The molecule has 0 saturated carbocycles. The second kappa shape index (κ2) is 14.8. The van der Waals surface area contributed by atoms with Crippen LogP contribution >= 0.6 is 0 Å². The summed E-state index contributed by atoms with van der Waals surface area (Å²) in [5.74, 6) is -1.32. The predicted octanol–water partition coefficient (Wildman–Crippen LogP) is 3.00. The van der Waals surface area contributed by atoms with Crippen LogP contribution in [0.1, 0.15) is 36.8 Å². The van der Waals surface area contributed by atoms with Crippen LogP contribution in [-0.2, 0) is 27.4 Å². The normalized spacial score (nSPS) is 17.4. The summed E-state index contributed by atoms with van der Waals surface area (Å²) in [6.45, 7) is 0.264. The van der Waals surface area contributed by atoms with Crippen molar-refractivity contribution >= 4 is 17.9 Å². The van der Waals surface area contributed by atoms with Crippen molar-refractivity contribution in [1.82, 2.24) is 15.1 Å². The zero-order valence-corrected chi connectivity index (χ0v) is 22.9. The molecule has 1 aliphatic rings. The molecule has 4 atom stereocenters. The van der Waals surface area contributed by atoms with Gasteiger partial charge in [-0.3, -0.25) is 14.5 Å². The molecular formula is C29H37F3N4O5.